The van der Waals surface area contributed by atoms with Gasteiger partial charge >= 0.3 is 16.2 Å². The number of aromatic nitrogens is 1. The van der Waals surface area contributed by atoms with E-state index in [0.717, 1.165) is 6.26 Å². The monoisotopic (exact) mass is 421 g/mol. The van der Waals surface area contributed by atoms with E-state index in [4.69, 9.17) is 10.5 Å². The highest BCUT2D eigenvalue weighted by atomic mass is 32.2. The Morgan fingerprint density at radius 2 is 2.03 bits per heavy atom. The number of hydrogen-bond acceptors (Lipinski definition) is 7. The van der Waals surface area contributed by atoms with Gasteiger partial charge in [0.15, 0.2) is 0 Å². The zero-order valence-corrected chi connectivity index (χ0v) is 16.3. The summed E-state index contributed by atoms with van der Waals surface area (Å²) < 4.78 is 32.8. The SMILES string of the molecule is CS(=O)(=O)ON=C(N)NC(=O)c1cc(CN2CCOC2=O)cc(-n2cccc2)c1. The summed E-state index contributed by atoms with van der Waals surface area (Å²) in [7, 11) is -3.85. The smallest absolute Gasteiger partial charge is 0.410 e. The molecule has 0 radical (unpaired) electrons. The Kier molecular flexibility index (Phi) is 5.73. The highest BCUT2D eigenvalue weighted by Gasteiger charge is 2.22. The summed E-state index contributed by atoms with van der Waals surface area (Å²) in [6.07, 6.45) is 3.99. The van der Waals surface area contributed by atoms with E-state index in [-0.39, 0.29) is 12.1 Å². The van der Waals surface area contributed by atoms with Gasteiger partial charge in [0.25, 0.3) is 5.91 Å². The second kappa shape index (κ2) is 8.22. The van der Waals surface area contributed by atoms with E-state index in [2.05, 4.69) is 14.8 Å². The average molecular weight is 421 g/mol. The fourth-order valence-corrected chi connectivity index (χ4v) is 2.88. The molecule has 0 unspecified atom stereocenters. The largest absolute Gasteiger partial charge is 0.448 e. The van der Waals surface area contributed by atoms with Crippen molar-refractivity contribution in [3.8, 4) is 5.69 Å². The van der Waals surface area contributed by atoms with Gasteiger partial charge < -0.3 is 19.9 Å². The summed E-state index contributed by atoms with van der Waals surface area (Å²) >= 11 is 0. The van der Waals surface area contributed by atoms with Crippen LogP contribution in [-0.2, 0) is 25.7 Å². The quantitative estimate of drug-likeness (QED) is 0.389. The van der Waals surface area contributed by atoms with Gasteiger partial charge in [-0.15, -0.1) is 0 Å². The number of hydrogen-bond donors (Lipinski definition) is 2. The number of cyclic esters (lactones) is 1. The van der Waals surface area contributed by atoms with Crippen LogP contribution in [0.25, 0.3) is 5.69 Å². The fourth-order valence-electron chi connectivity index (χ4n) is 2.66. The first-order valence-corrected chi connectivity index (χ1v) is 10.3. The van der Waals surface area contributed by atoms with Crippen LogP contribution < -0.4 is 11.1 Å². The van der Waals surface area contributed by atoms with Gasteiger partial charge in [-0.25, -0.2) is 4.79 Å². The summed E-state index contributed by atoms with van der Waals surface area (Å²) in [6.45, 7) is 1.03. The number of ether oxygens (including phenoxy) is 1. The minimum Gasteiger partial charge on any atom is -0.448 e. The van der Waals surface area contributed by atoms with Gasteiger partial charge in [-0.3, -0.25) is 14.4 Å². The molecule has 0 aliphatic carbocycles. The number of amides is 2. The molecule has 1 saturated heterocycles. The summed E-state index contributed by atoms with van der Waals surface area (Å²) in [6, 6.07) is 8.71. The topological polar surface area (TPSA) is 145 Å². The Hall–Kier alpha value is -3.54. The minimum absolute atomic E-state index is 0.233. The van der Waals surface area contributed by atoms with Gasteiger partial charge in [-0.1, -0.05) is 0 Å². The van der Waals surface area contributed by atoms with Crippen molar-refractivity contribution in [2.75, 3.05) is 19.4 Å². The van der Waals surface area contributed by atoms with Crippen LogP contribution in [0.2, 0.25) is 0 Å². The number of nitrogens with one attached hydrogen (secondary N) is 1. The van der Waals surface area contributed by atoms with Gasteiger partial charge in [0, 0.05) is 30.2 Å². The third-order valence-corrected chi connectivity index (χ3v) is 4.22. The van der Waals surface area contributed by atoms with Crippen LogP contribution in [0.15, 0.2) is 47.9 Å². The Morgan fingerprint density at radius 3 is 2.66 bits per heavy atom. The van der Waals surface area contributed by atoms with E-state index < -0.39 is 28.1 Å². The normalized spacial score (nSPS) is 14.6. The number of nitrogens with zero attached hydrogens (tertiary/aromatic N) is 3. The maximum Gasteiger partial charge on any atom is 0.410 e. The van der Waals surface area contributed by atoms with Crippen molar-refractivity contribution in [3.63, 3.8) is 0 Å². The molecule has 1 fully saturated rings. The maximum atomic E-state index is 12.6. The average Bonchev–Trinajstić information content (AvgIpc) is 3.32. The van der Waals surface area contributed by atoms with E-state index in [1.165, 1.54) is 4.90 Å². The first kappa shape index (κ1) is 20.2. The second-order valence-electron chi connectivity index (χ2n) is 6.22. The van der Waals surface area contributed by atoms with Gasteiger partial charge in [0.2, 0.25) is 5.96 Å². The molecular formula is C17H19N5O6S. The molecule has 1 aliphatic heterocycles. The predicted molar refractivity (Wildman–Crippen MR) is 103 cm³/mol. The predicted octanol–water partition coefficient (Wildman–Crippen LogP) is 0.365. The highest BCUT2D eigenvalue weighted by molar-refractivity contribution is 7.85. The van der Waals surface area contributed by atoms with Gasteiger partial charge in [0.05, 0.1) is 12.8 Å². The first-order valence-electron chi connectivity index (χ1n) is 8.44. The Bertz CT molecular complexity index is 1050. The summed E-state index contributed by atoms with van der Waals surface area (Å²) in [5.74, 6) is -1.14. The number of guanidine groups is 1. The molecule has 11 nitrogen and oxygen atoms in total. The lowest BCUT2D eigenvalue weighted by Gasteiger charge is -2.15. The number of oxime groups is 1. The van der Waals surface area contributed by atoms with Crippen LogP contribution in [-0.4, -0.2) is 55.3 Å². The minimum atomic E-state index is -3.85. The van der Waals surface area contributed by atoms with Crippen molar-refractivity contribution in [3.05, 3.63) is 53.9 Å². The fraction of sp³-hybridized carbons (Fsp3) is 0.235. The zero-order chi connectivity index (χ0) is 21.0. The molecule has 1 aliphatic rings. The molecule has 0 saturated carbocycles. The van der Waals surface area contributed by atoms with E-state index in [1.54, 1.807) is 29.1 Å². The summed E-state index contributed by atoms with van der Waals surface area (Å²) in [5.41, 5.74) is 7.11. The number of carbonyl (C=O) groups excluding carboxylic acids is 2. The molecule has 3 N–H and O–H groups in total. The molecular weight excluding hydrogens is 402 g/mol. The van der Waals surface area contributed by atoms with E-state index in [9.17, 15) is 18.0 Å². The molecule has 0 atom stereocenters. The van der Waals surface area contributed by atoms with Crippen molar-refractivity contribution in [1.29, 1.82) is 0 Å². The molecule has 0 bridgehead atoms. The Morgan fingerprint density at radius 1 is 1.31 bits per heavy atom. The van der Waals surface area contributed by atoms with Gasteiger partial charge in [0.1, 0.15) is 6.61 Å². The van der Waals surface area contributed by atoms with Crippen molar-refractivity contribution in [2.45, 2.75) is 6.54 Å². The number of carbonyl (C=O) groups is 2. The molecule has 2 heterocycles. The van der Waals surface area contributed by atoms with Crippen LogP contribution in [0.4, 0.5) is 4.79 Å². The van der Waals surface area contributed by atoms with E-state index >= 15 is 0 Å². The first-order chi connectivity index (χ1) is 13.7. The molecule has 0 spiro atoms. The molecule has 3 rings (SSSR count). The van der Waals surface area contributed by atoms with E-state index in [0.29, 0.717) is 24.4 Å². The number of benzene rings is 1. The van der Waals surface area contributed by atoms with Crippen LogP contribution in [0.5, 0.6) is 0 Å². The third kappa shape index (κ3) is 5.48. The van der Waals surface area contributed by atoms with Crippen molar-refractivity contribution < 1.29 is 27.0 Å². The molecule has 1 aromatic heterocycles. The highest BCUT2D eigenvalue weighted by Crippen LogP contribution is 2.18. The second-order valence-corrected chi connectivity index (χ2v) is 7.78. The number of rotatable bonds is 6. The maximum absolute atomic E-state index is 12.6. The molecule has 1 aromatic carbocycles. The lowest BCUT2D eigenvalue weighted by Crippen LogP contribution is -2.37. The Labute approximate surface area is 166 Å². The summed E-state index contributed by atoms with van der Waals surface area (Å²) in [4.78, 5) is 25.8. The molecule has 2 aromatic rings. The van der Waals surface area contributed by atoms with Crippen LogP contribution in [0, 0.1) is 0 Å². The molecule has 2 amide bonds. The van der Waals surface area contributed by atoms with Crippen LogP contribution >= 0.6 is 0 Å². The summed E-state index contributed by atoms with van der Waals surface area (Å²) in [5, 5.41) is 5.40. The van der Waals surface area contributed by atoms with Gasteiger partial charge in [-0.05, 0) is 41.1 Å². The van der Waals surface area contributed by atoms with E-state index in [1.807, 2.05) is 18.2 Å². The lowest BCUT2D eigenvalue weighted by molar-refractivity contribution is 0.0975. The van der Waals surface area contributed by atoms with Crippen LogP contribution in [0.3, 0.4) is 0 Å². The molecule has 154 valence electrons. The lowest BCUT2D eigenvalue weighted by atomic mass is 10.1. The third-order valence-electron chi connectivity index (χ3n) is 3.87. The standard InChI is InChI=1S/C17H19N5O6S/c1-29(25,26)28-20-16(18)19-15(23)13-8-12(11-22-6-7-27-17(22)24)9-14(10-13)21-4-2-3-5-21/h2-5,8-10H,6-7,11H2,1H3,(H3,18,19,20,23). The molecule has 29 heavy (non-hydrogen) atoms. The zero-order valence-electron chi connectivity index (χ0n) is 15.4. The van der Waals surface area contributed by atoms with Gasteiger partial charge in [-0.2, -0.15) is 8.42 Å². The number of nitrogens with two attached hydrogens (primary N) is 1. The molecule has 12 heteroatoms. The van der Waals surface area contributed by atoms with Crippen molar-refractivity contribution >= 4 is 28.1 Å². The van der Waals surface area contributed by atoms with Crippen LogP contribution in [0.1, 0.15) is 15.9 Å². The van der Waals surface area contributed by atoms with Crippen molar-refractivity contribution in [1.82, 2.24) is 14.8 Å². The Balaban J connectivity index is 1.86. The van der Waals surface area contributed by atoms with Crippen molar-refractivity contribution in [2.24, 2.45) is 10.9 Å².